The molecule has 0 aromatic heterocycles. The van der Waals surface area contributed by atoms with E-state index in [-0.39, 0.29) is 0 Å². The lowest BCUT2D eigenvalue weighted by Gasteiger charge is -2.05. The standard InChI is InChI=1S/C7H6BrN3O2S/c8-6-3-5(4-9)1-2-7(6)11-14(10,12)13/h1-3,11H,(H2,10,12,13). The summed E-state index contributed by atoms with van der Waals surface area (Å²) >= 11 is 3.11. The van der Waals surface area contributed by atoms with Crippen LogP contribution in [-0.2, 0) is 10.2 Å². The van der Waals surface area contributed by atoms with Gasteiger partial charge in [-0.1, -0.05) is 0 Å². The van der Waals surface area contributed by atoms with E-state index in [1.165, 1.54) is 18.2 Å². The molecule has 0 heterocycles. The van der Waals surface area contributed by atoms with E-state index in [0.29, 0.717) is 15.7 Å². The average molecular weight is 276 g/mol. The molecule has 0 aliphatic heterocycles. The number of hydrogen-bond donors (Lipinski definition) is 2. The number of halogens is 1. The first-order valence-electron chi connectivity index (χ1n) is 3.42. The van der Waals surface area contributed by atoms with Crippen molar-refractivity contribution in [3.63, 3.8) is 0 Å². The highest BCUT2D eigenvalue weighted by molar-refractivity contribution is 9.10. The molecule has 14 heavy (non-hydrogen) atoms. The van der Waals surface area contributed by atoms with Gasteiger partial charge in [0.2, 0.25) is 0 Å². The third-order valence-corrected chi connectivity index (χ3v) is 2.51. The minimum Gasteiger partial charge on any atom is -0.270 e. The van der Waals surface area contributed by atoms with Gasteiger partial charge in [-0.2, -0.15) is 13.7 Å². The van der Waals surface area contributed by atoms with Gasteiger partial charge in [-0.15, -0.1) is 0 Å². The largest absolute Gasteiger partial charge is 0.296 e. The van der Waals surface area contributed by atoms with E-state index >= 15 is 0 Å². The minimum atomic E-state index is -3.78. The van der Waals surface area contributed by atoms with Gasteiger partial charge >= 0.3 is 0 Å². The van der Waals surface area contributed by atoms with Crippen molar-refractivity contribution in [3.8, 4) is 6.07 Å². The third-order valence-electron chi connectivity index (χ3n) is 1.35. The molecule has 0 fully saturated rings. The van der Waals surface area contributed by atoms with Gasteiger partial charge < -0.3 is 0 Å². The normalized spacial score (nSPS) is 10.6. The molecule has 7 heteroatoms. The Balaban J connectivity index is 3.09. The summed E-state index contributed by atoms with van der Waals surface area (Å²) in [7, 11) is -3.78. The van der Waals surface area contributed by atoms with Crippen molar-refractivity contribution in [2.75, 3.05) is 4.72 Å². The van der Waals surface area contributed by atoms with Crippen LogP contribution in [0.5, 0.6) is 0 Å². The monoisotopic (exact) mass is 275 g/mol. The summed E-state index contributed by atoms with van der Waals surface area (Å²) in [5.41, 5.74) is 0.725. The fourth-order valence-corrected chi connectivity index (χ4v) is 1.91. The van der Waals surface area contributed by atoms with E-state index < -0.39 is 10.2 Å². The molecular weight excluding hydrogens is 270 g/mol. The fourth-order valence-electron chi connectivity index (χ4n) is 0.821. The van der Waals surface area contributed by atoms with E-state index in [9.17, 15) is 8.42 Å². The number of anilines is 1. The Morgan fingerprint density at radius 1 is 1.50 bits per heavy atom. The molecule has 0 spiro atoms. The number of rotatable bonds is 2. The zero-order chi connectivity index (χ0) is 10.8. The summed E-state index contributed by atoms with van der Waals surface area (Å²) in [5.74, 6) is 0. The summed E-state index contributed by atoms with van der Waals surface area (Å²) in [4.78, 5) is 0. The van der Waals surface area contributed by atoms with Crippen LogP contribution in [0.25, 0.3) is 0 Å². The Bertz CT molecular complexity index is 492. The van der Waals surface area contributed by atoms with Crippen LogP contribution < -0.4 is 9.86 Å². The van der Waals surface area contributed by atoms with Crippen LogP contribution in [-0.4, -0.2) is 8.42 Å². The van der Waals surface area contributed by atoms with Gasteiger partial charge in [-0.3, -0.25) is 4.72 Å². The Morgan fingerprint density at radius 3 is 2.57 bits per heavy atom. The van der Waals surface area contributed by atoms with Gasteiger partial charge in [0.05, 0.1) is 17.3 Å². The first-order chi connectivity index (χ1) is 6.42. The van der Waals surface area contributed by atoms with Crippen molar-refractivity contribution in [2.45, 2.75) is 0 Å². The molecule has 1 aromatic rings. The maximum atomic E-state index is 10.7. The van der Waals surface area contributed by atoms with E-state index in [1.54, 1.807) is 0 Å². The molecule has 74 valence electrons. The van der Waals surface area contributed by atoms with Gasteiger partial charge in [0.15, 0.2) is 0 Å². The van der Waals surface area contributed by atoms with E-state index in [1.807, 2.05) is 6.07 Å². The van der Waals surface area contributed by atoms with Gasteiger partial charge in [0, 0.05) is 4.47 Å². The van der Waals surface area contributed by atoms with Crippen LogP contribution in [0.3, 0.4) is 0 Å². The molecule has 0 radical (unpaired) electrons. The van der Waals surface area contributed by atoms with Crippen LogP contribution in [0, 0.1) is 11.3 Å². The molecule has 0 saturated carbocycles. The SMILES string of the molecule is N#Cc1ccc(NS(N)(=O)=O)c(Br)c1. The molecule has 0 bridgehead atoms. The Hall–Kier alpha value is -1.10. The molecule has 0 atom stereocenters. The highest BCUT2D eigenvalue weighted by atomic mass is 79.9. The molecule has 0 saturated heterocycles. The topological polar surface area (TPSA) is 96.0 Å². The lowest BCUT2D eigenvalue weighted by atomic mass is 10.2. The first kappa shape index (κ1) is 11.0. The van der Waals surface area contributed by atoms with Gasteiger partial charge in [0.25, 0.3) is 10.2 Å². The van der Waals surface area contributed by atoms with E-state index in [4.69, 9.17) is 10.4 Å². The van der Waals surface area contributed by atoms with E-state index in [2.05, 4.69) is 20.7 Å². The molecule has 1 rings (SSSR count). The van der Waals surface area contributed by atoms with Crippen LogP contribution >= 0.6 is 15.9 Å². The minimum absolute atomic E-state index is 0.298. The predicted octanol–water partition coefficient (Wildman–Crippen LogP) is 0.936. The third kappa shape index (κ3) is 2.99. The summed E-state index contributed by atoms with van der Waals surface area (Å²) in [6.45, 7) is 0. The second kappa shape index (κ2) is 3.96. The molecule has 0 aliphatic carbocycles. The molecular formula is C7H6BrN3O2S. The number of nitrogens with two attached hydrogens (primary N) is 1. The lowest BCUT2D eigenvalue weighted by molar-refractivity contribution is 0.603. The zero-order valence-corrected chi connectivity index (χ0v) is 9.26. The summed E-state index contributed by atoms with van der Waals surface area (Å²) < 4.78 is 23.9. The molecule has 0 unspecified atom stereocenters. The second-order valence-corrected chi connectivity index (χ2v) is 4.60. The molecule has 5 nitrogen and oxygen atoms in total. The Morgan fingerprint density at radius 2 is 2.14 bits per heavy atom. The van der Waals surface area contributed by atoms with Gasteiger partial charge in [0.1, 0.15) is 0 Å². The van der Waals surface area contributed by atoms with Gasteiger partial charge in [-0.05, 0) is 34.1 Å². The van der Waals surface area contributed by atoms with Gasteiger partial charge in [-0.25, -0.2) is 5.14 Å². The lowest BCUT2D eigenvalue weighted by Crippen LogP contribution is -2.21. The van der Waals surface area contributed by atoms with Crippen LogP contribution in [0.4, 0.5) is 5.69 Å². The maximum Gasteiger partial charge on any atom is 0.296 e. The number of nitrogens with one attached hydrogen (secondary N) is 1. The number of nitrogens with zero attached hydrogens (tertiary/aromatic N) is 1. The summed E-state index contributed by atoms with van der Waals surface area (Å²) in [6, 6.07) is 6.35. The van der Waals surface area contributed by atoms with E-state index in [0.717, 1.165) is 0 Å². The highest BCUT2D eigenvalue weighted by Crippen LogP contribution is 2.23. The van der Waals surface area contributed by atoms with Crippen LogP contribution in [0.2, 0.25) is 0 Å². The van der Waals surface area contributed by atoms with Crippen LogP contribution in [0.1, 0.15) is 5.56 Å². The molecule has 3 N–H and O–H groups in total. The molecule has 0 aliphatic rings. The second-order valence-electron chi connectivity index (χ2n) is 2.45. The van der Waals surface area contributed by atoms with Crippen LogP contribution in [0.15, 0.2) is 22.7 Å². The average Bonchev–Trinajstić information content (AvgIpc) is 2.06. The quantitative estimate of drug-likeness (QED) is 0.841. The Kier molecular flexibility index (Phi) is 3.10. The summed E-state index contributed by atoms with van der Waals surface area (Å²) in [5, 5.41) is 13.3. The van der Waals surface area contributed by atoms with Crippen molar-refractivity contribution in [2.24, 2.45) is 5.14 Å². The maximum absolute atomic E-state index is 10.7. The van der Waals surface area contributed by atoms with Crippen molar-refractivity contribution in [3.05, 3.63) is 28.2 Å². The number of hydrogen-bond acceptors (Lipinski definition) is 3. The molecule has 1 aromatic carbocycles. The number of benzene rings is 1. The first-order valence-corrected chi connectivity index (χ1v) is 5.76. The molecule has 0 amide bonds. The summed E-state index contributed by atoms with van der Waals surface area (Å²) in [6.07, 6.45) is 0. The van der Waals surface area contributed by atoms with Crippen molar-refractivity contribution >= 4 is 31.8 Å². The highest BCUT2D eigenvalue weighted by Gasteiger charge is 2.06. The van der Waals surface area contributed by atoms with Crippen molar-refractivity contribution < 1.29 is 8.42 Å². The fraction of sp³-hybridized carbons (Fsp3) is 0. The zero-order valence-electron chi connectivity index (χ0n) is 6.86. The Labute approximate surface area is 89.8 Å². The smallest absolute Gasteiger partial charge is 0.270 e. The van der Waals surface area contributed by atoms with Crippen molar-refractivity contribution in [1.82, 2.24) is 0 Å². The predicted molar refractivity (Wildman–Crippen MR) is 55.6 cm³/mol. The van der Waals surface area contributed by atoms with Crippen molar-refractivity contribution in [1.29, 1.82) is 5.26 Å². The number of nitriles is 1.